The van der Waals surface area contributed by atoms with Crippen LogP contribution >= 0.6 is 0 Å². The standard InChI is InChI=1S/C9H15N3O2S/c1-3-10-9-7-8(5-6-11-9)15(13,14)12-4-2/h5-7,12H,3-4H2,1-2H3,(H,10,11). The monoisotopic (exact) mass is 229 g/mol. The Morgan fingerprint density at radius 3 is 2.67 bits per heavy atom. The Hall–Kier alpha value is -1.14. The van der Waals surface area contributed by atoms with Crippen LogP contribution in [-0.2, 0) is 10.0 Å². The van der Waals surface area contributed by atoms with Crippen molar-refractivity contribution in [1.29, 1.82) is 0 Å². The van der Waals surface area contributed by atoms with Crippen LogP contribution in [0.25, 0.3) is 0 Å². The first-order valence-electron chi connectivity index (χ1n) is 4.79. The van der Waals surface area contributed by atoms with Crippen LogP contribution in [0.1, 0.15) is 13.8 Å². The Morgan fingerprint density at radius 2 is 2.07 bits per heavy atom. The Labute approximate surface area is 90.0 Å². The molecule has 0 spiro atoms. The van der Waals surface area contributed by atoms with Gasteiger partial charge in [0, 0.05) is 25.4 Å². The number of nitrogens with zero attached hydrogens (tertiary/aromatic N) is 1. The highest BCUT2D eigenvalue weighted by atomic mass is 32.2. The van der Waals surface area contributed by atoms with Gasteiger partial charge in [-0.3, -0.25) is 0 Å². The van der Waals surface area contributed by atoms with Gasteiger partial charge in [-0.25, -0.2) is 18.1 Å². The normalized spacial score (nSPS) is 11.3. The molecule has 5 nitrogen and oxygen atoms in total. The third kappa shape index (κ3) is 3.17. The van der Waals surface area contributed by atoms with Gasteiger partial charge in [-0.2, -0.15) is 0 Å². The van der Waals surface area contributed by atoms with Gasteiger partial charge in [0.2, 0.25) is 10.0 Å². The van der Waals surface area contributed by atoms with Crippen molar-refractivity contribution in [3.63, 3.8) is 0 Å². The van der Waals surface area contributed by atoms with Crippen LogP contribution in [0, 0.1) is 0 Å². The number of aromatic nitrogens is 1. The Kier molecular flexibility index (Phi) is 4.05. The van der Waals surface area contributed by atoms with Crippen LogP contribution < -0.4 is 10.0 Å². The molecule has 1 heterocycles. The van der Waals surface area contributed by atoms with Gasteiger partial charge in [0.15, 0.2) is 0 Å². The Morgan fingerprint density at radius 1 is 1.33 bits per heavy atom. The van der Waals surface area contributed by atoms with Crippen molar-refractivity contribution in [2.24, 2.45) is 0 Å². The van der Waals surface area contributed by atoms with Crippen molar-refractivity contribution >= 4 is 15.8 Å². The minimum atomic E-state index is -3.38. The summed E-state index contributed by atoms with van der Waals surface area (Å²) in [4.78, 5) is 4.23. The molecule has 6 heteroatoms. The molecule has 0 amide bonds. The lowest BCUT2D eigenvalue weighted by Gasteiger charge is -2.06. The summed E-state index contributed by atoms with van der Waals surface area (Å²) in [6.45, 7) is 4.75. The van der Waals surface area contributed by atoms with Crippen molar-refractivity contribution in [1.82, 2.24) is 9.71 Å². The zero-order chi connectivity index (χ0) is 11.3. The van der Waals surface area contributed by atoms with Crippen LogP contribution in [0.2, 0.25) is 0 Å². The van der Waals surface area contributed by atoms with Crippen molar-refractivity contribution < 1.29 is 8.42 Å². The molecule has 0 saturated heterocycles. The summed E-state index contributed by atoms with van der Waals surface area (Å²) in [5.74, 6) is 0.566. The summed E-state index contributed by atoms with van der Waals surface area (Å²) in [6.07, 6.45) is 1.47. The third-order valence-corrected chi connectivity index (χ3v) is 3.28. The van der Waals surface area contributed by atoms with E-state index in [1.165, 1.54) is 18.3 Å². The highest BCUT2D eigenvalue weighted by molar-refractivity contribution is 7.89. The first kappa shape index (κ1) is 11.9. The predicted octanol–water partition coefficient (Wildman–Crippen LogP) is 0.812. The number of nitrogens with one attached hydrogen (secondary N) is 2. The molecule has 2 N–H and O–H groups in total. The fourth-order valence-corrected chi connectivity index (χ4v) is 2.18. The van der Waals surface area contributed by atoms with Gasteiger partial charge < -0.3 is 5.32 Å². The number of pyridine rings is 1. The molecule has 0 aromatic carbocycles. The third-order valence-electron chi connectivity index (χ3n) is 1.73. The van der Waals surface area contributed by atoms with Crippen molar-refractivity contribution in [2.45, 2.75) is 18.7 Å². The second-order valence-electron chi connectivity index (χ2n) is 2.91. The zero-order valence-electron chi connectivity index (χ0n) is 8.82. The molecule has 0 unspecified atom stereocenters. The topological polar surface area (TPSA) is 71.1 Å². The number of rotatable bonds is 5. The molecule has 0 aliphatic rings. The number of anilines is 1. The number of hydrogen-bond donors (Lipinski definition) is 2. The Bertz CT molecular complexity index is 417. The molecule has 0 radical (unpaired) electrons. The lowest BCUT2D eigenvalue weighted by molar-refractivity contribution is 0.584. The van der Waals surface area contributed by atoms with Crippen LogP contribution in [0.4, 0.5) is 5.82 Å². The quantitative estimate of drug-likeness (QED) is 0.784. The fourth-order valence-electron chi connectivity index (χ4n) is 1.13. The van der Waals surface area contributed by atoms with Gasteiger partial charge in [-0.1, -0.05) is 6.92 Å². The second kappa shape index (κ2) is 5.09. The number of sulfonamides is 1. The minimum Gasteiger partial charge on any atom is -0.370 e. The van der Waals surface area contributed by atoms with Crippen LogP contribution in [0.3, 0.4) is 0 Å². The van der Waals surface area contributed by atoms with Gasteiger partial charge in [-0.05, 0) is 13.0 Å². The molecule has 15 heavy (non-hydrogen) atoms. The summed E-state index contributed by atoms with van der Waals surface area (Å²) in [6, 6.07) is 2.99. The van der Waals surface area contributed by atoms with E-state index in [2.05, 4.69) is 15.0 Å². The molecule has 0 fully saturated rings. The largest absolute Gasteiger partial charge is 0.370 e. The van der Waals surface area contributed by atoms with E-state index in [-0.39, 0.29) is 4.90 Å². The lowest BCUT2D eigenvalue weighted by atomic mass is 10.4. The van der Waals surface area contributed by atoms with E-state index in [1.807, 2.05) is 6.92 Å². The minimum absolute atomic E-state index is 0.232. The van der Waals surface area contributed by atoms with E-state index in [1.54, 1.807) is 6.92 Å². The van der Waals surface area contributed by atoms with E-state index >= 15 is 0 Å². The van der Waals surface area contributed by atoms with Crippen molar-refractivity contribution in [3.8, 4) is 0 Å². The van der Waals surface area contributed by atoms with E-state index < -0.39 is 10.0 Å². The van der Waals surface area contributed by atoms with Crippen LogP contribution in [-0.4, -0.2) is 26.5 Å². The average molecular weight is 229 g/mol. The summed E-state index contributed by atoms with van der Waals surface area (Å²) in [5, 5.41) is 2.96. The zero-order valence-corrected chi connectivity index (χ0v) is 9.63. The van der Waals surface area contributed by atoms with E-state index in [0.717, 1.165) is 0 Å². The van der Waals surface area contributed by atoms with Crippen molar-refractivity contribution in [2.75, 3.05) is 18.4 Å². The molecule has 1 rings (SSSR count). The summed E-state index contributed by atoms with van der Waals surface area (Å²) in [7, 11) is -3.38. The molecular weight excluding hydrogens is 214 g/mol. The maximum Gasteiger partial charge on any atom is 0.240 e. The molecule has 0 aliphatic heterocycles. The molecule has 0 bridgehead atoms. The van der Waals surface area contributed by atoms with E-state index in [0.29, 0.717) is 18.9 Å². The first-order valence-corrected chi connectivity index (χ1v) is 6.28. The maximum atomic E-state index is 11.6. The van der Waals surface area contributed by atoms with Crippen molar-refractivity contribution in [3.05, 3.63) is 18.3 Å². The van der Waals surface area contributed by atoms with Gasteiger partial charge in [0.05, 0.1) is 4.90 Å². The van der Waals surface area contributed by atoms with Gasteiger partial charge in [0.25, 0.3) is 0 Å². The molecule has 1 aromatic rings. The fraction of sp³-hybridized carbons (Fsp3) is 0.444. The summed E-state index contributed by atoms with van der Waals surface area (Å²) < 4.78 is 25.7. The highest BCUT2D eigenvalue weighted by Gasteiger charge is 2.12. The molecule has 84 valence electrons. The SMILES string of the molecule is CCNc1cc(S(=O)(=O)NCC)ccn1. The first-order chi connectivity index (χ1) is 7.10. The van der Waals surface area contributed by atoms with Gasteiger partial charge in [-0.15, -0.1) is 0 Å². The highest BCUT2D eigenvalue weighted by Crippen LogP contribution is 2.11. The molecule has 0 aliphatic carbocycles. The summed E-state index contributed by atoms with van der Waals surface area (Å²) >= 11 is 0. The van der Waals surface area contributed by atoms with Crippen LogP contribution in [0.5, 0.6) is 0 Å². The van der Waals surface area contributed by atoms with Gasteiger partial charge in [0.1, 0.15) is 5.82 Å². The average Bonchev–Trinajstić information content (AvgIpc) is 2.19. The number of hydrogen-bond acceptors (Lipinski definition) is 4. The Balaban J connectivity index is 2.99. The molecule has 1 aromatic heterocycles. The molecule has 0 saturated carbocycles. The lowest BCUT2D eigenvalue weighted by Crippen LogP contribution is -2.23. The summed E-state index contributed by atoms with van der Waals surface area (Å²) in [5.41, 5.74) is 0. The maximum absolute atomic E-state index is 11.6. The van der Waals surface area contributed by atoms with Crippen LogP contribution in [0.15, 0.2) is 23.2 Å². The van der Waals surface area contributed by atoms with E-state index in [9.17, 15) is 8.42 Å². The smallest absolute Gasteiger partial charge is 0.240 e. The second-order valence-corrected chi connectivity index (χ2v) is 4.68. The van der Waals surface area contributed by atoms with E-state index in [4.69, 9.17) is 0 Å². The molecule has 0 atom stereocenters. The molecular formula is C9H15N3O2S. The van der Waals surface area contributed by atoms with Gasteiger partial charge >= 0.3 is 0 Å². The predicted molar refractivity (Wildman–Crippen MR) is 59.3 cm³/mol.